The Morgan fingerprint density at radius 1 is 1.15 bits per heavy atom. The van der Waals surface area contributed by atoms with E-state index >= 15 is 0 Å². The van der Waals surface area contributed by atoms with Gasteiger partial charge < -0.3 is 5.32 Å². The van der Waals surface area contributed by atoms with Gasteiger partial charge in [-0.05, 0) is 30.2 Å². The number of nitrogens with zero attached hydrogens (tertiary/aromatic N) is 1. The zero-order valence-corrected chi connectivity index (χ0v) is 12.6. The van der Waals surface area contributed by atoms with E-state index in [2.05, 4.69) is 66.6 Å². The molecule has 1 aromatic heterocycles. The van der Waals surface area contributed by atoms with Crippen LogP contribution in [0.25, 0.3) is 10.8 Å². The monoisotopic (exact) mass is 282 g/mol. The number of benzene rings is 2. The van der Waals surface area contributed by atoms with Crippen LogP contribution < -0.4 is 5.32 Å². The van der Waals surface area contributed by atoms with E-state index in [-0.39, 0.29) is 6.04 Å². The number of thiazole rings is 1. The molecule has 102 valence electrons. The largest absolute Gasteiger partial charge is 0.304 e. The minimum Gasteiger partial charge on any atom is -0.304 e. The minimum absolute atomic E-state index is 0.285. The van der Waals surface area contributed by atoms with Crippen LogP contribution in [0, 0.1) is 6.92 Å². The zero-order valence-electron chi connectivity index (χ0n) is 11.8. The molecule has 2 aromatic carbocycles. The second-order valence-corrected chi connectivity index (χ2v) is 6.32. The molecule has 0 aliphatic carbocycles. The van der Waals surface area contributed by atoms with Gasteiger partial charge in [-0.2, -0.15) is 0 Å². The molecule has 0 amide bonds. The molecule has 0 aliphatic rings. The Balaban J connectivity index is 1.77. The Kier molecular flexibility index (Phi) is 3.81. The summed E-state index contributed by atoms with van der Waals surface area (Å²) < 4.78 is 0. The summed E-state index contributed by atoms with van der Waals surface area (Å²) in [7, 11) is 0. The predicted octanol–water partition coefficient (Wildman–Crippen LogP) is 4.46. The van der Waals surface area contributed by atoms with Crippen molar-refractivity contribution in [2.75, 3.05) is 0 Å². The summed E-state index contributed by atoms with van der Waals surface area (Å²) in [6.07, 6.45) is 1.94. The van der Waals surface area contributed by atoms with Crippen molar-refractivity contribution < 1.29 is 0 Å². The molecular weight excluding hydrogens is 264 g/mol. The third-order valence-corrected chi connectivity index (χ3v) is 4.58. The van der Waals surface area contributed by atoms with Gasteiger partial charge in [0, 0.05) is 17.6 Å². The fourth-order valence-electron chi connectivity index (χ4n) is 2.37. The molecule has 2 nitrogen and oxygen atoms in total. The first-order valence-electron chi connectivity index (χ1n) is 6.86. The molecule has 0 saturated heterocycles. The SMILES string of the molecule is Cc1cnc(C(C)NCc2cccc3ccccc23)s1. The number of fused-ring (bicyclic) bond motifs is 1. The van der Waals surface area contributed by atoms with E-state index in [0.717, 1.165) is 11.6 Å². The zero-order chi connectivity index (χ0) is 13.9. The molecule has 1 N–H and O–H groups in total. The molecule has 3 aromatic rings. The van der Waals surface area contributed by atoms with Gasteiger partial charge >= 0.3 is 0 Å². The first kappa shape index (κ1) is 13.3. The molecule has 20 heavy (non-hydrogen) atoms. The van der Waals surface area contributed by atoms with Crippen molar-refractivity contribution in [3.8, 4) is 0 Å². The molecular formula is C17H18N2S. The lowest BCUT2D eigenvalue weighted by Crippen LogP contribution is -2.18. The topological polar surface area (TPSA) is 24.9 Å². The fourth-order valence-corrected chi connectivity index (χ4v) is 3.17. The van der Waals surface area contributed by atoms with Gasteiger partial charge in [-0.25, -0.2) is 4.98 Å². The summed E-state index contributed by atoms with van der Waals surface area (Å²) in [5, 5.41) is 7.34. The highest BCUT2D eigenvalue weighted by Gasteiger charge is 2.09. The lowest BCUT2D eigenvalue weighted by Gasteiger charge is -2.12. The van der Waals surface area contributed by atoms with Crippen LogP contribution in [-0.4, -0.2) is 4.98 Å². The number of hydrogen-bond donors (Lipinski definition) is 1. The summed E-state index contributed by atoms with van der Waals surface area (Å²) in [6.45, 7) is 5.13. The Morgan fingerprint density at radius 3 is 2.75 bits per heavy atom. The van der Waals surface area contributed by atoms with E-state index in [1.54, 1.807) is 11.3 Å². The maximum Gasteiger partial charge on any atom is 0.109 e. The van der Waals surface area contributed by atoms with Crippen LogP contribution >= 0.6 is 11.3 Å². The Hall–Kier alpha value is -1.71. The van der Waals surface area contributed by atoms with Crippen molar-refractivity contribution in [1.29, 1.82) is 0 Å². The number of rotatable bonds is 4. The lowest BCUT2D eigenvalue weighted by molar-refractivity contribution is 0.573. The van der Waals surface area contributed by atoms with Gasteiger partial charge in [-0.1, -0.05) is 42.5 Å². The molecule has 0 radical (unpaired) electrons. The lowest BCUT2D eigenvalue weighted by atomic mass is 10.0. The average molecular weight is 282 g/mol. The van der Waals surface area contributed by atoms with E-state index in [1.807, 2.05) is 6.20 Å². The van der Waals surface area contributed by atoms with E-state index < -0.39 is 0 Å². The standard InChI is InChI=1S/C17H18N2S/c1-12-10-19-17(20-12)13(2)18-11-15-8-5-7-14-6-3-4-9-16(14)15/h3-10,13,18H,11H2,1-2H3. The molecule has 0 fully saturated rings. The molecule has 0 spiro atoms. The van der Waals surface area contributed by atoms with Gasteiger partial charge in [-0.15, -0.1) is 11.3 Å². The van der Waals surface area contributed by atoms with Crippen LogP contribution in [0.4, 0.5) is 0 Å². The molecule has 3 rings (SSSR count). The Morgan fingerprint density at radius 2 is 1.95 bits per heavy atom. The van der Waals surface area contributed by atoms with E-state index in [1.165, 1.54) is 21.2 Å². The van der Waals surface area contributed by atoms with E-state index in [0.29, 0.717) is 0 Å². The highest BCUT2D eigenvalue weighted by atomic mass is 32.1. The highest BCUT2D eigenvalue weighted by molar-refractivity contribution is 7.11. The van der Waals surface area contributed by atoms with Gasteiger partial charge in [0.15, 0.2) is 0 Å². The molecule has 0 aliphatic heterocycles. The van der Waals surface area contributed by atoms with Crippen molar-refractivity contribution in [1.82, 2.24) is 10.3 Å². The highest BCUT2D eigenvalue weighted by Crippen LogP contribution is 2.21. The van der Waals surface area contributed by atoms with Crippen LogP contribution in [0.2, 0.25) is 0 Å². The molecule has 3 heteroatoms. The second kappa shape index (κ2) is 5.73. The number of hydrogen-bond acceptors (Lipinski definition) is 3. The average Bonchev–Trinajstić information content (AvgIpc) is 2.91. The van der Waals surface area contributed by atoms with E-state index in [4.69, 9.17) is 0 Å². The van der Waals surface area contributed by atoms with Gasteiger partial charge in [-0.3, -0.25) is 0 Å². The van der Waals surface area contributed by atoms with Gasteiger partial charge in [0.2, 0.25) is 0 Å². The molecule has 1 atom stereocenters. The van der Waals surface area contributed by atoms with Crippen LogP contribution in [0.5, 0.6) is 0 Å². The van der Waals surface area contributed by atoms with Crippen LogP contribution in [0.1, 0.15) is 28.4 Å². The molecule has 1 heterocycles. The Bertz CT molecular complexity index is 712. The first-order valence-corrected chi connectivity index (χ1v) is 7.68. The summed E-state index contributed by atoms with van der Waals surface area (Å²) in [4.78, 5) is 5.71. The van der Waals surface area contributed by atoms with Gasteiger partial charge in [0.1, 0.15) is 5.01 Å². The van der Waals surface area contributed by atoms with Gasteiger partial charge in [0.25, 0.3) is 0 Å². The van der Waals surface area contributed by atoms with Gasteiger partial charge in [0.05, 0.1) is 6.04 Å². The number of aromatic nitrogens is 1. The number of aryl methyl sites for hydroxylation is 1. The van der Waals surface area contributed by atoms with Crippen molar-refractivity contribution >= 4 is 22.1 Å². The van der Waals surface area contributed by atoms with E-state index in [9.17, 15) is 0 Å². The van der Waals surface area contributed by atoms with Crippen molar-refractivity contribution in [2.24, 2.45) is 0 Å². The molecule has 0 bridgehead atoms. The second-order valence-electron chi connectivity index (χ2n) is 5.05. The third kappa shape index (κ3) is 2.74. The normalized spacial score (nSPS) is 12.7. The Labute approximate surface area is 123 Å². The molecule has 0 saturated carbocycles. The smallest absolute Gasteiger partial charge is 0.109 e. The summed E-state index contributed by atoms with van der Waals surface area (Å²) in [5.74, 6) is 0. The quantitative estimate of drug-likeness (QED) is 0.764. The fraction of sp³-hybridized carbons (Fsp3) is 0.235. The van der Waals surface area contributed by atoms with Crippen molar-refractivity contribution in [2.45, 2.75) is 26.4 Å². The third-order valence-electron chi connectivity index (χ3n) is 3.49. The van der Waals surface area contributed by atoms with Crippen LogP contribution in [0.15, 0.2) is 48.7 Å². The maximum absolute atomic E-state index is 4.45. The summed E-state index contributed by atoms with van der Waals surface area (Å²) in [5.41, 5.74) is 1.34. The van der Waals surface area contributed by atoms with Crippen LogP contribution in [-0.2, 0) is 6.54 Å². The first-order chi connectivity index (χ1) is 9.74. The minimum atomic E-state index is 0.285. The van der Waals surface area contributed by atoms with Crippen LogP contribution in [0.3, 0.4) is 0 Å². The van der Waals surface area contributed by atoms with Crippen molar-refractivity contribution in [3.63, 3.8) is 0 Å². The van der Waals surface area contributed by atoms with Crippen molar-refractivity contribution in [3.05, 3.63) is 64.1 Å². The summed E-state index contributed by atoms with van der Waals surface area (Å²) in [6, 6.07) is 15.3. The predicted molar refractivity (Wildman–Crippen MR) is 86.1 cm³/mol. The molecule has 1 unspecified atom stereocenters. The summed E-state index contributed by atoms with van der Waals surface area (Å²) >= 11 is 1.76. The maximum atomic E-state index is 4.45. The number of nitrogens with one attached hydrogen (secondary N) is 1.